The Bertz CT molecular complexity index is 1370. The zero-order chi connectivity index (χ0) is 23.8. The van der Waals surface area contributed by atoms with Crippen molar-refractivity contribution in [2.45, 2.75) is 17.8 Å². The molecule has 14 heteroatoms. The van der Waals surface area contributed by atoms with Crippen molar-refractivity contribution >= 4 is 58.0 Å². The Labute approximate surface area is 187 Å². The number of ether oxygens (including phenoxy) is 2. The molecule has 0 bridgehead atoms. The van der Waals surface area contributed by atoms with Crippen LogP contribution in [0.2, 0.25) is 0 Å². The largest absolute Gasteiger partial charge is 0.461 e. The molecule has 3 rings (SSSR count). The number of hydrogen-bond donors (Lipinski definition) is 1. The molecule has 162 valence electrons. The molecule has 0 saturated heterocycles. The molecular weight excluding hydrogens is 464 g/mol. The first-order valence-electron chi connectivity index (χ1n) is 8.79. The Kier molecular flexibility index (Phi) is 6.40. The number of aromatic nitrogens is 2. The van der Waals surface area contributed by atoms with E-state index in [1.54, 1.807) is 0 Å². The molecule has 1 atom stereocenters. The summed E-state index contributed by atoms with van der Waals surface area (Å²) in [4.78, 5) is 24.9. The number of halogens is 2. The Balaban J connectivity index is 2.37. The van der Waals surface area contributed by atoms with E-state index in [2.05, 4.69) is 28.9 Å². The second kappa shape index (κ2) is 8.60. The Hall–Kier alpha value is -2.83. The number of carbonyl (C=O) groups is 1. The van der Waals surface area contributed by atoms with Gasteiger partial charge >= 0.3 is 12.0 Å². The standard InChI is InChI=1S/C18H12B2F2N2O6S2/c1-2-29-17(26)15-16(25)14-12(7-9(19)8-13(14)32(27,28)31)24(23-15)10-3-5-11(6-4-10)30-18(20,21)22/h3-8H,2H2,1H3,(H,27,28,31). The van der Waals surface area contributed by atoms with Gasteiger partial charge in [-0.1, -0.05) is 5.46 Å². The molecule has 0 aliphatic carbocycles. The zero-order valence-corrected chi connectivity index (χ0v) is 17.9. The highest BCUT2D eigenvalue weighted by Crippen LogP contribution is 2.24. The van der Waals surface area contributed by atoms with Gasteiger partial charge in [-0.3, -0.25) is 4.79 Å². The van der Waals surface area contributed by atoms with Crippen LogP contribution >= 0.6 is 0 Å². The summed E-state index contributed by atoms with van der Waals surface area (Å²) in [5.41, 5.74) is -1.57. The fraction of sp³-hybridized carbons (Fsp3) is 0.167. The lowest BCUT2D eigenvalue weighted by Crippen LogP contribution is -2.26. The molecule has 1 N–H and O–H groups in total. The van der Waals surface area contributed by atoms with Crippen LogP contribution in [-0.2, 0) is 24.7 Å². The monoisotopic (exact) mass is 476 g/mol. The van der Waals surface area contributed by atoms with Crippen molar-refractivity contribution < 1.29 is 31.8 Å². The second-order valence-electron chi connectivity index (χ2n) is 6.36. The average molecular weight is 476 g/mol. The molecule has 0 aliphatic heterocycles. The summed E-state index contributed by atoms with van der Waals surface area (Å²) in [6, 6.07) is 3.26. The number of alkyl halides is 2. The third-order valence-electron chi connectivity index (χ3n) is 4.06. The van der Waals surface area contributed by atoms with Gasteiger partial charge in [-0.05, 0) is 43.3 Å². The molecule has 0 amide bonds. The number of nitrogens with zero attached hydrogens (tertiary/aromatic N) is 2. The van der Waals surface area contributed by atoms with Crippen LogP contribution in [0.1, 0.15) is 17.4 Å². The summed E-state index contributed by atoms with van der Waals surface area (Å²) in [6.45, 7) is 1.45. The topological polar surface area (TPSA) is 108 Å². The van der Waals surface area contributed by atoms with Crippen LogP contribution in [0.15, 0.2) is 46.1 Å². The summed E-state index contributed by atoms with van der Waals surface area (Å²) in [5.74, 6) is -1.35. The van der Waals surface area contributed by atoms with Gasteiger partial charge in [0.05, 0.1) is 28.1 Å². The lowest BCUT2D eigenvalue weighted by Gasteiger charge is -2.16. The summed E-state index contributed by atoms with van der Waals surface area (Å²) in [5, 5.41) is 3.64. The van der Waals surface area contributed by atoms with Gasteiger partial charge in [-0.15, -0.1) is 0 Å². The van der Waals surface area contributed by atoms with E-state index in [1.165, 1.54) is 25.1 Å². The number of carbonyl (C=O) groups excluding carboxylic acids is 1. The summed E-state index contributed by atoms with van der Waals surface area (Å²) in [6.07, 6.45) is 0. The van der Waals surface area contributed by atoms with Crippen LogP contribution in [0.4, 0.5) is 8.78 Å². The molecule has 3 aromatic rings. The second-order valence-corrected chi connectivity index (χ2v) is 9.10. The maximum atomic E-state index is 13.0. The van der Waals surface area contributed by atoms with Crippen molar-refractivity contribution in [1.29, 1.82) is 0 Å². The fourth-order valence-corrected chi connectivity index (χ4v) is 4.01. The molecular formula is C18H12B2F2N2O6S2. The number of benzene rings is 2. The Morgan fingerprint density at radius 1 is 1.31 bits per heavy atom. The van der Waals surface area contributed by atoms with Crippen LogP contribution < -0.4 is 15.6 Å². The van der Waals surface area contributed by atoms with Crippen LogP contribution in [0.25, 0.3) is 16.6 Å². The lowest BCUT2D eigenvalue weighted by molar-refractivity contribution is -0.0972. The predicted octanol–water partition coefficient (Wildman–Crippen LogP) is 1.03. The first-order valence-corrected chi connectivity index (χ1v) is 11.2. The highest BCUT2D eigenvalue weighted by Gasteiger charge is 2.25. The summed E-state index contributed by atoms with van der Waals surface area (Å²) >= 11 is 4.63. The van der Waals surface area contributed by atoms with Gasteiger partial charge < -0.3 is 14.0 Å². The Morgan fingerprint density at radius 3 is 2.47 bits per heavy atom. The molecule has 4 radical (unpaired) electrons. The third-order valence-corrected chi connectivity index (χ3v) is 5.47. The minimum absolute atomic E-state index is 0.0133. The summed E-state index contributed by atoms with van der Waals surface area (Å²) < 4.78 is 58.2. The van der Waals surface area contributed by atoms with Crippen molar-refractivity contribution in [3.05, 3.63) is 52.3 Å². The van der Waals surface area contributed by atoms with Gasteiger partial charge in [0.15, 0.2) is 8.77 Å². The average Bonchev–Trinajstić information content (AvgIpc) is 2.66. The minimum atomic E-state index is -4.11. The van der Waals surface area contributed by atoms with E-state index in [9.17, 15) is 27.1 Å². The van der Waals surface area contributed by atoms with Crippen LogP contribution in [0, 0.1) is 0 Å². The van der Waals surface area contributed by atoms with Crippen molar-refractivity contribution in [2.75, 3.05) is 6.61 Å². The van der Waals surface area contributed by atoms with Gasteiger partial charge in [0.25, 0.3) is 0 Å². The zero-order valence-electron chi connectivity index (χ0n) is 16.3. The van der Waals surface area contributed by atoms with Crippen molar-refractivity contribution in [3.8, 4) is 11.4 Å². The van der Waals surface area contributed by atoms with Crippen LogP contribution in [-0.4, -0.2) is 52.8 Å². The highest BCUT2D eigenvalue weighted by molar-refractivity contribution is 8.29. The SMILES string of the molecule is [B]c1cc(S(=O)(O)=S)c2c(=O)c(C(=O)OCC)nn(-c3ccc(OC([B])(F)F)cc3)c2c1. The first-order chi connectivity index (χ1) is 14.8. The molecule has 1 unspecified atom stereocenters. The highest BCUT2D eigenvalue weighted by atomic mass is 32.8. The predicted molar refractivity (Wildman–Crippen MR) is 116 cm³/mol. The van der Waals surface area contributed by atoms with E-state index in [4.69, 9.17) is 12.6 Å². The molecule has 1 heterocycles. The first kappa shape index (κ1) is 23.8. The fourth-order valence-electron chi connectivity index (χ4n) is 2.88. The maximum Gasteiger partial charge on any atom is 0.362 e. The van der Waals surface area contributed by atoms with E-state index < -0.39 is 36.8 Å². The van der Waals surface area contributed by atoms with E-state index in [0.29, 0.717) is 0 Å². The van der Waals surface area contributed by atoms with Gasteiger partial charge in [0.2, 0.25) is 19.0 Å². The molecule has 0 fully saturated rings. The number of rotatable bonds is 6. The minimum Gasteiger partial charge on any atom is -0.461 e. The van der Waals surface area contributed by atoms with Gasteiger partial charge in [0, 0.05) is 11.2 Å². The molecule has 32 heavy (non-hydrogen) atoms. The normalized spacial score (nSPS) is 13.5. The third kappa shape index (κ3) is 4.97. The van der Waals surface area contributed by atoms with Crippen molar-refractivity contribution in [3.63, 3.8) is 0 Å². The molecule has 2 aromatic carbocycles. The maximum absolute atomic E-state index is 13.0. The molecule has 8 nitrogen and oxygen atoms in total. The van der Waals surface area contributed by atoms with E-state index in [1.807, 2.05) is 0 Å². The number of fused-ring (bicyclic) bond motifs is 1. The lowest BCUT2D eigenvalue weighted by atomic mass is 9.94. The van der Waals surface area contributed by atoms with Crippen LogP contribution in [0.5, 0.6) is 5.75 Å². The molecule has 1 aromatic heterocycles. The van der Waals surface area contributed by atoms with Gasteiger partial charge in [-0.2, -0.15) is 13.9 Å². The molecule has 0 aliphatic rings. The number of hydrogen-bond acceptors (Lipinski definition) is 7. The van der Waals surface area contributed by atoms with E-state index in [0.717, 1.165) is 22.9 Å². The van der Waals surface area contributed by atoms with E-state index in [-0.39, 0.29) is 34.4 Å². The van der Waals surface area contributed by atoms with E-state index >= 15 is 0 Å². The smallest absolute Gasteiger partial charge is 0.362 e. The van der Waals surface area contributed by atoms with Gasteiger partial charge in [0.1, 0.15) is 13.6 Å². The van der Waals surface area contributed by atoms with Crippen molar-refractivity contribution in [1.82, 2.24) is 9.78 Å². The molecule has 0 saturated carbocycles. The Morgan fingerprint density at radius 2 is 1.94 bits per heavy atom. The number of esters is 1. The molecule has 0 spiro atoms. The quantitative estimate of drug-likeness (QED) is 0.416. The summed E-state index contributed by atoms with van der Waals surface area (Å²) in [7, 11) is 6.24. The van der Waals surface area contributed by atoms with Crippen molar-refractivity contribution in [2.24, 2.45) is 0 Å². The van der Waals surface area contributed by atoms with Crippen LogP contribution in [0.3, 0.4) is 0 Å². The van der Waals surface area contributed by atoms with Gasteiger partial charge in [-0.25, -0.2) is 13.7 Å².